The summed E-state index contributed by atoms with van der Waals surface area (Å²) >= 11 is 0. The van der Waals surface area contributed by atoms with Crippen LogP contribution in [0.15, 0.2) is 29.3 Å². The lowest BCUT2D eigenvalue weighted by atomic mass is 10.1. The van der Waals surface area contributed by atoms with Gasteiger partial charge in [-0.25, -0.2) is 0 Å². The second-order valence-electron chi connectivity index (χ2n) is 6.25. The van der Waals surface area contributed by atoms with Crippen LogP contribution in [-0.4, -0.2) is 46.4 Å². The molecular weight excluding hydrogens is 429 g/mol. The third-order valence-electron chi connectivity index (χ3n) is 4.13. The van der Waals surface area contributed by atoms with Gasteiger partial charge < -0.3 is 20.1 Å². The highest BCUT2D eigenvalue weighted by Gasteiger charge is 2.20. The van der Waals surface area contributed by atoms with Crippen molar-refractivity contribution in [3.05, 3.63) is 29.8 Å². The van der Waals surface area contributed by atoms with Crippen molar-refractivity contribution in [3.8, 4) is 5.75 Å². The summed E-state index contributed by atoms with van der Waals surface area (Å²) in [6.07, 6.45) is 5.83. The van der Waals surface area contributed by atoms with Gasteiger partial charge in [0, 0.05) is 33.4 Å². The van der Waals surface area contributed by atoms with Gasteiger partial charge in [-0.15, -0.1) is 24.0 Å². The fourth-order valence-electron chi connectivity index (χ4n) is 2.43. The van der Waals surface area contributed by atoms with Crippen molar-refractivity contribution in [1.29, 1.82) is 0 Å². The number of hydrogen-bond donors (Lipinski definition) is 2. The smallest absolute Gasteiger partial charge is 0.190 e. The molecule has 0 radical (unpaired) electrons. The van der Waals surface area contributed by atoms with E-state index < -0.39 is 0 Å². The van der Waals surface area contributed by atoms with E-state index in [1.54, 1.807) is 7.11 Å². The SMILES string of the molecule is CN=C(NCCCOCC1CC1)NCCCc1ccc(OC)cc1.I. The van der Waals surface area contributed by atoms with Gasteiger partial charge in [0.25, 0.3) is 0 Å². The van der Waals surface area contributed by atoms with Gasteiger partial charge in [-0.2, -0.15) is 0 Å². The zero-order chi connectivity index (χ0) is 17.0. The Morgan fingerprint density at radius 1 is 1.12 bits per heavy atom. The van der Waals surface area contributed by atoms with Crippen LogP contribution in [0.2, 0.25) is 0 Å². The number of rotatable bonds is 11. The summed E-state index contributed by atoms with van der Waals surface area (Å²) in [5.41, 5.74) is 1.33. The largest absolute Gasteiger partial charge is 0.497 e. The van der Waals surface area contributed by atoms with Gasteiger partial charge >= 0.3 is 0 Å². The Balaban J connectivity index is 0.00000312. The minimum Gasteiger partial charge on any atom is -0.497 e. The normalized spacial score (nSPS) is 13.9. The third-order valence-corrected chi connectivity index (χ3v) is 4.13. The number of ether oxygens (including phenoxy) is 2. The molecule has 0 atom stereocenters. The molecular formula is C19H32IN3O2. The Labute approximate surface area is 169 Å². The molecule has 0 amide bonds. The van der Waals surface area contributed by atoms with Crippen molar-refractivity contribution in [2.75, 3.05) is 40.5 Å². The van der Waals surface area contributed by atoms with Crippen LogP contribution in [-0.2, 0) is 11.2 Å². The number of guanidine groups is 1. The number of nitrogens with zero attached hydrogens (tertiary/aromatic N) is 1. The van der Waals surface area contributed by atoms with E-state index in [1.165, 1.54) is 18.4 Å². The van der Waals surface area contributed by atoms with Crippen LogP contribution in [0, 0.1) is 5.92 Å². The summed E-state index contributed by atoms with van der Waals surface area (Å²) in [5, 5.41) is 6.68. The maximum Gasteiger partial charge on any atom is 0.190 e. The molecule has 0 aromatic heterocycles. The standard InChI is InChI=1S/C19H31N3O2.HI/c1-20-19(22-13-4-14-24-15-17-6-7-17)21-12-3-5-16-8-10-18(23-2)11-9-16;/h8-11,17H,3-7,12-15H2,1-2H3,(H2,20,21,22);1H. The quantitative estimate of drug-likeness (QED) is 0.230. The molecule has 1 fully saturated rings. The monoisotopic (exact) mass is 461 g/mol. The van der Waals surface area contributed by atoms with E-state index in [-0.39, 0.29) is 24.0 Å². The second-order valence-corrected chi connectivity index (χ2v) is 6.25. The summed E-state index contributed by atoms with van der Waals surface area (Å²) in [5.74, 6) is 2.62. The second kappa shape index (κ2) is 13.2. The Kier molecular flexibility index (Phi) is 11.6. The number of halogens is 1. The molecule has 0 heterocycles. The van der Waals surface area contributed by atoms with E-state index in [0.717, 1.165) is 63.2 Å². The molecule has 1 aromatic rings. The Hall–Kier alpha value is -1.02. The highest BCUT2D eigenvalue weighted by molar-refractivity contribution is 14.0. The summed E-state index contributed by atoms with van der Waals surface area (Å²) in [4.78, 5) is 4.25. The van der Waals surface area contributed by atoms with Crippen LogP contribution in [0.3, 0.4) is 0 Å². The van der Waals surface area contributed by atoms with Crippen molar-refractivity contribution >= 4 is 29.9 Å². The Morgan fingerprint density at radius 2 is 1.80 bits per heavy atom. The van der Waals surface area contributed by atoms with E-state index in [2.05, 4.69) is 27.8 Å². The predicted molar refractivity (Wildman–Crippen MR) is 114 cm³/mol. The third kappa shape index (κ3) is 9.89. The molecule has 0 saturated heterocycles. The summed E-state index contributed by atoms with van der Waals surface area (Å²) in [7, 11) is 3.50. The topological polar surface area (TPSA) is 54.9 Å². The summed E-state index contributed by atoms with van der Waals surface area (Å²) in [6, 6.07) is 8.25. The summed E-state index contributed by atoms with van der Waals surface area (Å²) < 4.78 is 10.8. The lowest BCUT2D eigenvalue weighted by molar-refractivity contribution is 0.123. The fourth-order valence-corrected chi connectivity index (χ4v) is 2.43. The van der Waals surface area contributed by atoms with Gasteiger partial charge in [0.05, 0.1) is 7.11 Å². The number of aryl methyl sites for hydroxylation is 1. The number of hydrogen-bond acceptors (Lipinski definition) is 3. The van der Waals surface area contributed by atoms with Gasteiger partial charge in [-0.1, -0.05) is 12.1 Å². The van der Waals surface area contributed by atoms with Gasteiger partial charge in [0.1, 0.15) is 5.75 Å². The van der Waals surface area contributed by atoms with E-state index in [9.17, 15) is 0 Å². The molecule has 1 aliphatic carbocycles. The van der Waals surface area contributed by atoms with Crippen LogP contribution in [0.1, 0.15) is 31.2 Å². The molecule has 1 saturated carbocycles. The minimum atomic E-state index is 0. The Morgan fingerprint density at radius 3 is 2.40 bits per heavy atom. The molecule has 2 N–H and O–H groups in total. The van der Waals surface area contributed by atoms with Gasteiger partial charge in [-0.05, 0) is 55.7 Å². The van der Waals surface area contributed by atoms with Crippen molar-refractivity contribution in [1.82, 2.24) is 10.6 Å². The molecule has 0 unspecified atom stereocenters. The zero-order valence-electron chi connectivity index (χ0n) is 15.4. The van der Waals surface area contributed by atoms with Gasteiger partial charge in [0.15, 0.2) is 5.96 Å². The molecule has 0 aliphatic heterocycles. The van der Waals surface area contributed by atoms with E-state index in [1.807, 2.05) is 19.2 Å². The molecule has 142 valence electrons. The number of benzene rings is 1. The van der Waals surface area contributed by atoms with Crippen molar-refractivity contribution in [2.45, 2.75) is 32.1 Å². The maximum absolute atomic E-state index is 5.63. The number of nitrogens with one attached hydrogen (secondary N) is 2. The van der Waals surface area contributed by atoms with Crippen LogP contribution >= 0.6 is 24.0 Å². The first-order valence-electron chi connectivity index (χ1n) is 8.97. The van der Waals surface area contributed by atoms with Crippen molar-refractivity contribution in [3.63, 3.8) is 0 Å². The average molecular weight is 461 g/mol. The van der Waals surface area contributed by atoms with Crippen molar-refractivity contribution < 1.29 is 9.47 Å². The van der Waals surface area contributed by atoms with Crippen LogP contribution < -0.4 is 15.4 Å². The Bertz CT molecular complexity index is 490. The zero-order valence-corrected chi connectivity index (χ0v) is 17.8. The molecule has 5 nitrogen and oxygen atoms in total. The van der Waals surface area contributed by atoms with Crippen molar-refractivity contribution in [2.24, 2.45) is 10.9 Å². The molecule has 1 aliphatic rings. The van der Waals surface area contributed by atoms with Crippen LogP contribution in [0.5, 0.6) is 5.75 Å². The van der Waals surface area contributed by atoms with Crippen LogP contribution in [0.25, 0.3) is 0 Å². The van der Waals surface area contributed by atoms with E-state index >= 15 is 0 Å². The minimum absolute atomic E-state index is 0. The molecule has 6 heteroatoms. The highest BCUT2D eigenvalue weighted by atomic mass is 127. The average Bonchev–Trinajstić information content (AvgIpc) is 3.44. The first-order valence-corrected chi connectivity index (χ1v) is 8.97. The predicted octanol–water partition coefficient (Wildman–Crippen LogP) is 3.23. The molecule has 25 heavy (non-hydrogen) atoms. The lowest BCUT2D eigenvalue weighted by Crippen LogP contribution is -2.38. The fraction of sp³-hybridized carbons (Fsp3) is 0.632. The van der Waals surface area contributed by atoms with E-state index in [0.29, 0.717) is 0 Å². The maximum atomic E-state index is 5.63. The molecule has 0 spiro atoms. The van der Waals surface area contributed by atoms with Gasteiger partial charge in [0.2, 0.25) is 0 Å². The summed E-state index contributed by atoms with van der Waals surface area (Å²) in [6.45, 7) is 3.57. The highest BCUT2D eigenvalue weighted by Crippen LogP contribution is 2.28. The number of methoxy groups -OCH3 is 1. The van der Waals surface area contributed by atoms with Crippen LogP contribution in [0.4, 0.5) is 0 Å². The molecule has 2 rings (SSSR count). The molecule has 0 bridgehead atoms. The number of aliphatic imine (C=N–C) groups is 1. The lowest BCUT2D eigenvalue weighted by Gasteiger charge is -2.12. The molecule has 1 aromatic carbocycles. The first kappa shape index (κ1) is 22.0. The first-order chi connectivity index (χ1) is 11.8. The van der Waals surface area contributed by atoms with Gasteiger partial charge in [-0.3, -0.25) is 4.99 Å². The van der Waals surface area contributed by atoms with E-state index in [4.69, 9.17) is 9.47 Å².